The maximum atomic E-state index is 8.74. The van der Waals surface area contributed by atoms with Crippen molar-refractivity contribution in [1.29, 1.82) is 0 Å². The van der Waals surface area contributed by atoms with Gasteiger partial charge in [0.15, 0.2) is 0 Å². The Morgan fingerprint density at radius 2 is 2.20 bits per heavy atom. The molecule has 2 heteroatoms. The number of hydrogen-bond acceptors (Lipinski definition) is 2. The maximum Gasteiger partial charge on any atom is 0.0810 e. The highest BCUT2D eigenvalue weighted by molar-refractivity contribution is 4.74. The molecule has 2 unspecified atom stereocenters. The van der Waals surface area contributed by atoms with Crippen LogP contribution >= 0.6 is 0 Å². The topological polar surface area (TPSA) is 29.5 Å². The molecule has 0 aliphatic carbocycles. The zero-order valence-electron chi connectivity index (χ0n) is 6.71. The van der Waals surface area contributed by atoms with E-state index in [1.165, 1.54) is 0 Å². The van der Waals surface area contributed by atoms with Crippen LogP contribution < -0.4 is 0 Å². The third-order valence-corrected chi connectivity index (χ3v) is 2.09. The lowest BCUT2D eigenvalue weighted by atomic mass is 10.0. The second-order valence-corrected chi connectivity index (χ2v) is 3.30. The molecule has 1 N–H and O–H groups in total. The first-order valence-corrected chi connectivity index (χ1v) is 4.00. The number of aliphatic hydroxyl groups excluding tert-OH is 1. The molecule has 2 nitrogen and oxygen atoms in total. The van der Waals surface area contributed by atoms with Gasteiger partial charge in [-0.15, -0.1) is 0 Å². The molecule has 0 spiro atoms. The normalized spacial score (nSPS) is 33.6. The third kappa shape index (κ3) is 1.70. The fraction of sp³-hybridized carbons (Fsp3) is 1.00. The first-order valence-electron chi connectivity index (χ1n) is 4.00. The molecule has 0 amide bonds. The van der Waals surface area contributed by atoms with E-state index < -0.39 is 0 Å². The van der Waals surface area contributed by atoms with Crippen LogP contribution in [0, 0.1) is 5.92 Å². The summed E-state index contributed by atoms with van der Waals surface area (Å²) >= 11 is 0. The van der Waals surface area contributed by atoms with Crippen molar-refractivity contribution >= 4 is 0 Å². The molecule has 1 heterocycles. The van der Waals surface area contributed by atoms with Crippen LogP contribution in [0.1, 0.15) is 26.7 Å². The first kappa shape index (κ1) is 8.02. The molecule has 60 valence electrons. The maximum absolute atomic E-state index is 8.74. The summed E-state index contributed by atoms with van der Waals surface area (Å²) in [5, 5.41) is 8.74. The number of hydrogen-bond donors (Lipinski definition) is 1. The van der Waals surface area contributed by atoms with E-state index in [0.29, 0.717) is 12.0 Å². The van der Waals surface area contributed by atoms with Crippen molar-refractivity contribution in [3.05, 3.63) is 0 Å². The molecule has 1 aliphatic heterocycles. The highest BCUT2D eigenvalue weighted by Gasteiger charge is 2.26. The fourth-order valence-corrected chi connectivity index (χ4v) is 1.36. The molecule has 1 aliphatic rings. The summed E-state index contributed by atoms with van der Waals surface area (Å²) in [7, 11) is 0. The van der Waals surface area contributed by atoms with Crippen molar-refractivity contribution < 1.29 is 9.84 Å². The predicted molar refractivity (Wildman–Crippen MR) is 39.8 cm³/mol. The highest BCUT2D eigenvalue weighted by Crippen LogP contribution is 2.24. The van der Waals surface area contributed by atoms with Crippen LogP contribution in [0.25, 0.3) is 0 Å². The van der Waals surface area contributed by atoms with Gasteiger partial charge in [-0.3, -0.25) is 0 Å². The van der Waals surface area contributed by atoms with Crippen LogP contribution in [0.4, 0.5) is 0 Å². The molecule has 1 saturated heterocycles. The Balaban J connectivity index is 2.28. The first-order chi connectivity index (χ1) is 4.74. The molecule has 0 aromatic rings. The molecule has 0 aromatic carbocycles. The van der Waals surface area contributed by atoms with Gasteiger partial charge < -0.3 is 9.84 Å². The van der Waals surface area contributed by atoms with Crippen molar-refractivity contribution in [2.45, 2.75) is 38.9 Å². The average molecular weight is 144 g/mol. The van der Waals surface area contributed by atoms with Crippen molar-refractivity contribution in [2.24, 2.45) is 5.92 Å². The van der Waals surface area contributed by atoms with Crippen LogP contribution in [-0.2, 0) is 4.74 Å². The van der Waals surface area contributed by atoms with Gasteiger partial charge >= 0.3 is 0 Å². The number of aliphatic hydroxyl groups is 1. The zero-order chi connectivity index (χ0) is 7.56. The Morgan fingerprint density at radius 3 is 2.50 bits per heavy atom. The summed E-state index contributed by atoms with van der Waals surface area (Å²) < 4.78 is 5.52. The van der Waals surface area contributed by atoms with Gasteiger partial charge in [-0.2, -0.15) is 0 Å². The van der Waals surface area contributed by atoms with E-state index in [1.54, 1.807) is 0 Å². The standard InChI is InChI=1S/C8H16O2/c1-6(2)8-4-3-7(5-9)10-8/h6-9H,3-5H2,1-2H3. The molecule has 0 radical (unpaired) electrons. The quantitative estimate of drug-likeness (QED) is 0.630. The van der Waals surface area contributed by atoms with Gasteiger partial charge in [0.1, 0.15) is 0 Å². The summed E-state index contributed by atoms with van der Waals surface area (Å²) in [6.45, 7) is 4.50. The minimum atomic E-state index is 0.118. The summed E-state index contributed by atoms with van der Waals surface area (Å²) in [6, 6.07) is 0. The Labute approximate surface area is 62.2 Å². The van der Waals surface area contributed by atoms with Crippen LogP contribution in [0.3, 0.4) is 0 Å². The molecule has 0 aromatic heterocycles. The lowest BCUT2D eigenvalue weighted by Gasteiger charge is -2.14. The fourth-order valence-electron chi connectivity index (χ4n) is 1.36. The number of rotatable bonds is 2. The van der Waals surface area contributed by atoms with Crippen molar-refractivity contribution in [1.82, 2.24) is 0 Å². The largest absolute Gasteiger partial charge is 0.394 e. The van der Waals surface area contributed by atoms with Gasteiger partial charge in [-0.25, -0.2) is 0 Å². The van der Waals surface area contributed by atoms with Gasteiger partial charge in [0.2, 0.25) is 0 Å². The lowest BCUT2D eigenvalue weighted by Crippen LogP contribution is -2.18. The molecule has 0 bridgehead atoms. The van der Waals surface area contributed by atoms with Crippen LogP contribution in [0.2, 0.25) is 0 Å². The molecular weight excluding hydrogens is 128 g/mol. The second-order valence-electron chi connectivity index (χ2n) is 3.30. The Kier molecular flexibility index (Phi) is 2.69. The van der Waals surface area contributed by atoms with E-state index in [0.717, 1.165) is 12.8 Å². The second kappa shape index (κ2) is 3.35. The smallest absolute Gasteiger partial charge is 0.0810 e. The summed E-state index contributed by atoms with van der Waals surface area (Å²) in [6.07, 6.45) is 2.65. The average Bonchev–Trinajstić information content (AvgIpc) is 2.34. The summed E-state index contributed by atoms with van der Waals surface area (Å²) in [4.78, 5) is 0. The van der Waals surface area contributed by atoms with Gasteiger partial charge in [-0.1, -0.05) is 13.8 Å². The van der Waals surface area contributed by atoms with E-state index >= 15 is 0 Å². The Bertz CT molecular complexity index is 101. The van der Waals surface area contributed by atoms with Gasteiger partial charge in [-0.05, 0) is 18.8 Å². The molecule has 10 heavy (non-hydrogen) atoms. The molecular formula is C8H16O2. The van der Waals surface area contributed by atoms with E-state index in [1.807, 2.05) is 0 Å². The van der Waals surface area contributed by atoms with Gasteiger partial charge in [0.05, 0.1) is 18.8 Å². The summed E-state index contributed by atoms with van der Waals surface area (Å²) in [5.74, 6) is 0.594. The minimum absolute atomic E-state index is 0.118. The minimum Gasteiger partial charge on any atom is -0.394 e. The van der Waals surface area contributed by atoms with Crippen molar-refractivity contribution in [3.8, 4) is 0 Å². The molecule has 1 rings (SSSR count). The molecule has 1 fully saturated rings. The predicted octanol–water partition coefficient (Wildman–Crippen LogP) is 1.18. The highest BCUT2D eigenvalue weighted by atomic mass is 16.5. The van der Waals surface area contributed by atoms with Crippen LogP contribution in [-0.4, -0.2) is 23.9 Å². The van der Waals surface area contributed by atoms with Crippen LogP contribution in [0.15, 0.2) is 0 Å². The van der Waals surface area contributed by atoms with Crippen LogP contribution in [0.5, 0.6) is 0 Å². The van der Waals surface area contributed by atoms with E-state index in [2.05, 4.69) is 13.8 Å². The van der Waals surface area contributed by atoms with E-state index in [4.69, 9.17) is 9.84 Å². The van der Waals surface area contributed by atoms with Gasteiger partial charge in [0, 0.05) is 0 Å². The SMILES string of the molecule is CC(C)C1CCC(CO)O1. The summed E-state index contributed by atoms with van der Waals surface area (Å²) in [5.41, 5.74) is 0. The zero-order valence-corrected chi connectivity index (χ0v) is 6.71. The number of ether oxygens (including phenoxy) is 1. The monoisotopic (exact) mass is 144 g/mol. The molecule has 2 atom stereocenters. The third-order valence-electron chi connectivity index (χ3n) is 2.09. The van der Waals surface area contributed by atoms with Crippen molar-refractivity contribution in [2.75, 3.05) is 6.61 Å². The van der Waals surface area contributed by atoms with Gasteiger partial charge in [0.25, 0.3) is 0 Å². The van der Waals surface area contributed by atoms with E-state index in [9.17, 15) is 0 Å². The lowest BCUT2D eigenvalue weighted by molar-refractivity contribution is -0.00740. The Morgan fingerprint density at radius 1 is 1.50 bits per heavy atom. The van der Waals surface area contributed by atoms with E-state index in [-0.39, 0.29) is 12.7 Å². The Hall–Kier alpha value is -0.0800. The molecule has 0 saturated carbocycles. The van der Waals surface area contributed by atoms with Crippen molar-refractivity contribution in [3.63, 3.8) is 0 Å².